The summed E-state index contributed by atoms with van der Waals surface area (Å²) < 4.78 is 6.96. The normalized spacial score (nSPS) is 18.0. The molecule has 0 saturated carbocycles. The van der Waals surface area contributed by atoms with E-state index in [1.165, 1.54) is 0 Å². The van der Waals surface area contributed by atoms with E-state index in [-0.39, 0.29) is 12.5 Å². The summed E-state index contributed by atoms with van der Waals surface area (Å²) in [5, 5.41) is 13.3. The molecule has 0 aliphatic carbocycles. The summed E-state index contributed by atoms with van der Waals surface area (Å²) in [5.41, 5.74) is 1.61. The van der Waals surface area contributed by atoms with Crippen LogP contribution >= 0.6 is 0 Å². The highest BCUT2D eigenvalue weighted by molar-refractivity contribution is 5.94. The zero-order valence-electron chi connectivity index (χ0n) is 12.1. The first-order chi connectivity index (χ1) is 10.8. The zero-order chi connectivity index (χ0) is 15.4. The van der Waals surface area contributed by atoms with Gasteiger partial charge in [-0.3, -0.25) is 9.48 Å². The van der Waals surface area contributed by atoms with Crippen molar-refractivity contribution >= 4 is 5.91 Å². The van der Waals surface area contributed by atoms with E-state index in [1.807, 2.05) is 30.3 Å². The summed E-state index contributed by atoms with van der Waals surface area (Å²) in [6, 6.07) is 11.5. The minimum Gasteiger partial charge on any atom is -0.376 e. The number of carbonyl (C=O) groups excluding carboxylic acids is 1. The fourth-order valence-corrected chi connectivity index (χ4v) is 2.45. The van der Waals surface area contributed by atoms with Crippen LogP contribution in [0.3, 0.4) is 0 Å². The molecule has 0 unspecified atom stereocenters. The highest BCUT2D eigenvalue weighted by Crippen LogP contribution is 2.12. The maximum atomic E-state index is 12.5. The summed E-state index contributed by atoms with van der Waals surface area (Å²) in [5.74, 6) is -0.172. The molecule has 1 aromatic carbocycles. The minimum atomic E-state index is -0.529. The number of hydrogen-bond donors (Lipinski definition) is 0. The van der Waals surface area contributed by atoms with Crippen molar-refractivity contribution in [3.05, 3.63) is 53.9 Å². The van der Waals surface area contributed by atoms with E-state index in [1.54, 1.807) is 22.0 Å². The summed E-state index contributed by atoms with van der Waals surface area (Å²) in [4.78, 5) is 14.0. The Morgan fingerprint density at radius 3 is 3.00 bits per heavy atom. The molecule has 1 aliphatic rings. The standard InChI is InChI=1S/C16H16N4O2/c17-8-15-12-22-7-6-20(15)16(21)14-9-18-19(11-14)10-13-4-2-1-3-5-13/h1-5,9,11,15H,6-7,10,12H2/t15-/m1/s1. The van der Waals surface area contributed by atoms with Crippen LogP contribution in [0.15, 0.2) is 42.7 Å². The molecule has 0 N–H and O–H groups in total. The SMILES string of the molecule is N#C[C@@H]1COCCN1C(=O)c1cnn(Cc2ccccc2)c1. The maximum absolute atomic E-state index is 12.5. The van der Waals surface area contributed by atoms with E-state index >= 15 is 0 Å². The average Bonchev–Trinajstić information content (AvgIpc) is 3.03. The molecule has 6 nitrogen and oxygen atoms in total. The second-order valence-corrected chi connectivity index (χ2v) is 5.13. The first-order valence-electron chi connectivity index (χ1n) is 7.12. The van der Waals surface area contributed by atoms with Crippen LogP contribution in [0, 0.1) is 11.3 Å². The molecule has 0 radical (unpaired) electrons. The molecule has 6 heteroatoms. The second kappa shape index (κ2) is 6.41. The van der Waals surface area contributed by atoms with Gasteiger partial charge < -0.3 is 9.64 Å². The van der Waals surface area contributed by atoms with Crippen molar-refractivity contribution in [2.24, 2.45) is 0 Å². The third-order valence-corrected chi connectivity index (χ3v) is 3.61. The average molecular weight is 296 g/mol. The van der Waals surface area contributed by atoms with Crippen LogP contribution in [0.5, 0.6) is 0 Å². The lowest BCUT2D eigenvalue weighted by atomic mass is 10.2. The summed E-state index contributed by atoms with van der Waals surface area (Å²) in [6.07, 6.45) is 3.27. The van der Waals surface area contributed by atoms with Gasteiger partial charge in [-0.05, 0) is 5.56 Å². The van der Waals surface area contributed by atoms with Gasteiger partial charge in [-0.2, -0.15) is 10.4 Å². The van der Waals surface area contributed by atoms with Gasteiger partial charge in [0.2, 0.25) is 0 Å². The quantitative estimate of drug-likeness (QED) is 0.856. The van der Waals surface area contributed by atoms with Gasteiger partial charge in [0.05, 0.1) is 37.6 Å². The van der Waals surface area contributed by atoms with Gasteiger partial charge in [-0.15, -0.1) is 0 Å². The van der Waals surface area contributed by atoms with E-state index in [4.69, 9.17) is 10.00 Å². The number of benzene rings is 1. The topological polar surface area (TPSA) is 71.2 Å². The molecule has 0 spiro atoms. The molecule has 1 atom stereocenters. The molecule has 0 bridgehead atoms. The van der Waals surface area contributed by atoms with Crippen LogP contribution in [0.25, 0.3) is 0 Å². The molecule has 2 heterocycles. The van der Waals surface area contributed by atoms with Gasteiger partial charge in [0.25, 0.3) is 5.91 Å². The van der Waals surface area contributed by atoms with Crippen LogP contribution < -0.4 is 0 Å². The van der Waals surface area contributed by atoms with Crippen LogP contribution in [-0.2, 0) is 11.3 Å². The Kier molecular flexibility index (Phi) is 4.17. The summed E-state index contributed by atoms with van der Waals surface area (Å²) in [7, 11) is 0. The fourth-order valence-electron chi connectivity index (χ4n) is 2.45. The van der Waals surface area contributed by atoms with Crippen molar-refractivity contribution in [1.82, 2.24) is 14.7 Å². The lowest BCUT2D eigenvalue weighted by molar-refractivity contribution is 0.0132. The first-order valence-corrected chi connectivity index (χ1v) is 7.12. The fraction of sp³-hybridized carbons (Fsp3) is 0.312. The Balaban J connectivity index is 1.73. The summed E-state index contributed by atoms with van der Waals surface area (Å²) >= 11 is 0. The van der Waals surface area contributed by atoms with Crippen molar-refractivity contribution in [1.29, 1.82) is 5.26 Å². The number of hydrogen-bond acceptors (Lipinski definition) is 4. The molecule has 1 aliphatic heterocycles. The van der Waals surface area contributed by atoms with E-state index in [0.717, 1.165) is 5.56 Å². The molecule has 2 aromatic rings. The van der Waals surface area contributed by atoms with Gasteiger partial charge >= 0.3 is 0 Å². The number of amides is 1. The zero-order valence-corrected chi connectivity index (χ0v) is 12.1. The van der Waals surface area contributed by atoms with Gasteiger partial charge in [-0.25, -0.2) is 0 Å². The molecule has 1 aromatic heterocycles. The number of ether oxygens (including phenoxy) is 1. The molecule has 22 heavy (non-hydrogen) atoms. The van der Waals surface area contributed by atoms with Gasteiger partial charge in [0.15, 0.2) is 0 Å². The number of morpholine rings is 1. The number of nitriles is 1. The Bertz CT molecular complexity index is 690. The Hall–Kier alpha value is -2.65. The molecular formula is C16H16N4O2. The predicted molar refractivity (Wildman–Crippen MR) is 79.0 cm³/mol. The third-order valence-electron chi connectivity index (χ3n) is 3.61. The second-order valence-electron chi connectivity index (χ2n) is 5.13. The number of carbonyl (C=O) groups is 1. The molecular weight excluding hydrogens is 280 g/mol. The molecule has 1 saturated heterocycles. The van der Waals surface area contributed by atoms with Gasteiger partial charge in [0, 0.05) is 12.7 Å². The molecule has 112 valence electrons. The van der Waals surface area contributed by atoms with Crippen molar-refractivity contribution < 1.29 is 9.53 Å². The van der Waals surface area contributed by atoms with Crippen LogP contribution in [0.1, 0.15) is 15.9 Å². The lowest BCUT2D eigenvalue weighted by Gasteiger charge is -2.30. The number of nitrogens with zero attached hydrogens (tertiary/aromatic N) is 4. The lowest BCUT2D eigenvalue weighted by Crippen LogP contribution is -2.47. The Labute approximate surface area is 128 Å². The van der Waals surface area contributed by atoms with E-state index in [9.17, 15) is 4.79 Å². The van der Waals surface area contributed by atoms with Gasteiger partial charge in [-0.1, -0.05) is 30.3 Å². The highest BCUT2D eigenvalue weighted by atomic mass is 16.5. The van der Waals surface area contributed by atoms with E-state index < -0.39 is 6.04 Å². The van der Waals surface area contributed by atoms with Crippen molar-refractivity contribution in [2.75, 3.05) is 19.8 Å². The highest BCUT2D eigenvalue weighted by Gasteiger charge is 2.28. The van der Waals surface area contributed by atoms with E-state index in [0.29, 0.717) is 25.3 Å². The predicted octanol–water partition coefficient (Wildman–Crippen LogP) is 1.30. The van der Waals surface area contributed by atoms with E-state index in [2.05, 4.69) is 11.2 Å². The maximum Gasteiger partial charge on any atom is 0.258 e. The summed E-state index contributed by atoms with van der Waals surface area (Å²) in [6.45, 7) is 1.77. The first kappa shape index (κ1) is 14.3. The van der Waals surface area contributed by atoms with Crippen LogP contribution in [0.4, 0.5) is 0 Å². The number of aromatic nitrogens is 2. The van der Waals surface area contributed by atoms with Crippen molar-refractivity contribution in [3.8, 4) is 6.07 Å². The Morgan fingerprint density at radius 2 is 2.23 bits per heavy atom. The van der Waals surface area contributed by atoms with Crippen LogP contribution in [0.2, 0.25) is 0 Å². The van der Waals surface area contributed by atoms with Crippen LogP contribution in [-0.4, -0.2) is 46.4 Å². The largest absolute Gasteiger partial charge is 0.376 e. The molecule has 1 fully saturated rings. The minimum absolute atomic E-state index is 0.172. The molecule has 1 amide bonds. The van der Waals surface area contributed by atoms with Crippen molar-refractivity contribution in [2.45, 2.75) is 12.6 Å². The van der Waals surface area contributed by atoms with Gasteiger partial charge in [0.1, 0.15) is 6.04 Å². The van der Waals surface area contributed by atoms with Crippen molar-refractivity contribution in [3.63, 3.8) is 0 Å². The molecule has 3 rings (SSSR count). The number of rotatable bonds is 3. The third kappa shape index (κ3) is 3.00. The smallest absolute Gasteiger partial charge is 0.258 e. The monoisotopic (exact) mass is 296 g/mol. The Morgan fingerprint density at radius 1 is 1.41 bits per heavy atom.